The lowest BCUT2D eigenvalue weighted by Gasteiger charge is -2.05. The van der Waals surface area contributed by atoms with Crippen LogP contribution < -0.4 is 4.74 Å². The minimum Gasteiger partial charge on any atom is -0.494 e. The van der Waals surface area contributed by atoms with Crippen molar-refractivity contribution in [1.82, 2.24) is 0 Å². The first-order chi connectivity index (χ1) is 11.8. The van der Waals surface area contributed by atoms with Crippen molar-refractivity contribution in [2.24, 2.45) is 10.2 Å². The molecule has 126 valence electrons. The van der Waals surface area contributed by atoms with E-state index in [2.05, 4.69) is 10.2 Å². The van der Waals surface area contributed by atoms with E-state index < -0.39 is 0 Å². The highest BCUT2D eigenvalue weighted by molar-refractivity contribution is 5.75. The van der Waals surface area contributed by atoms with Crippen LogP contribution in [0.25, 0.3) is 0 Å². The van der Waals surface area contributed by atoms with Crippen LogP contribution in [-0.2, 0) is 0 Å². The van der Waals surface area contributed by atoms with Crippen LogP contribution in [0.2, 0.25) is 0 Å². The number of benzene rings is 2. The molecular formula is C19H22N2O3. The molecule has 5 heteroatoms. The molecule has 0 amide bonds. The molecule has 5 nitrogen and oxygen atoms in total. The van der Waals surface area contributed by atoms with Gasteiger partial charge in [-0.2, -0.15) is 10.2 Å². The van der Waals surface area contributed by atoms with Gasteiger partial charge in [0.15, 0.2) is 0 Å². The number of aliphatic hydroxyl groups excluding tert-OH is 1. The van der Waals surface area contributed by atoms with E-state index in [9.17, 15) is 4.79 Å². The highest BCUT2D eigenvalue weighted by Gasteiger charge is 1.96. The van der Waals surface area contributed by atoms with Gasteiger partial charge in [0.1, 0.15) is 12.0 Å². The molecule has 0 atom stereocenters. The molecule has 0 bridgehead atoms. The number of rotatable bonds is 10. The number of hydrogen-bond donors (Lipinski definition) is 1. The predicted octanol–water partition coefficient (Wildman–Crippen LogP) is 4.85. The molecule has 0 unspecified atom stereocenters. The van der Waals surface area contributed by atoms with Crippen LogP contribution in [0.15, 0.2) is 58.8 Å². The highest BCUT2D eigenvalue weighted by atomic mass is 16.5. The Balaban J connectivity index is 1.78. The molecule has 0 spiro atoms. The van der Waals surface area contributed by atoms with Crippen molar-refractivity contribution in [2.45, 2.75) is 25.7 Å². The summed E-state index contributed by atoms with van der Waals surface area (Å²) in [6.45, 7) is 0.938. The van der Waals surface area contributed by atoms with Gasteiger partial charge in [-0.25, -0.2) is 0 Å². The molecule has 2 aromatic rings. The lowest BCUT2D eigenvalue weighted by Crippen LogP contribution is -1.97. The van der Waals surface area contributed by atoms with Crippen molar-refractivity contribution in [1.29, 1.82) is 0 Å². The first-order valence-corrected chi connectivity index (χ1v) is 8.12. The van der Waals surface area contributed by atoms with E-state index in [0.29, 0.717) is 17.9 Å². The molecule has 24 heavy (non-hydrogen) atoms. The van der Waals surface area contributed by atoms with E-state index in [1.807, 2.05) is 24.3 Å². The van der Waals surface area contributed by atoms with Gasteiger partial charge in [-0.1, -0.05) is 6.42 Å². The Hall–Kier alpha value is -2.53. The summed E-state index contributed by atoms with van der Waals surface area (Å²) in [5.74, 6) is 0.812. The number of hydrogen-bond acceptors (Lipinski definition) is 5. The summed E-state index contributed by atoms with van der Waals surface area (Å²) in [6.07, 6.45) is 4.74. The summed E-state index contributed by atoms with van der Waals surface area (Å²) in [5, 5.41) is 17.0. The van der Waals surface area contributed by atoms with Crippen molar-refractivity contribution in [3.05, 3.63) is 54.1 Å². The minimum atomic E-state index is 0.262. The van der Waals surface area contributed by atoms with Crippen LogP contribution in [-0.4, -0.2) is 24.6 Å². The summed E-state index contributed by atoms with van der Waals surface area (Å²) < 4.78 is 5.66. The normalized spacial score (nSPS) is 10.9. The molecule has 0 aliphatic carbocycles. The average Bonchev–Trinajstić information content (AvgIpc) is 2.64. The second-order valence-corrected chi connectivity index (χ2v) is 5.39. The fraction of sp³-hybridized carbons (Fsp3) is 0.316. The van der Waals surface area contributed by atoms with Gasteiger partial charge in [-0.05, 0) is 67.8 Å². The van der Waals surface area contributed by atoms with Crippen molar-refractivity contribution >= 4 is 17.7 Å². The molecule has 0 heterocycles. The maximum Gasteiger partial charge on any atom is 0.150 e. The van der Waals surface area contributed by atoms with E-state index in [4.69, 9.17) is 9.84 Å². The zero-order valence-electron chi connectivity index (χ0n) is 13.6. The Labute approximate surface area is 142 Å². The monoisotopic (exact) mass is 326 g/mol. The van der Waals surface area contributed by atoms with Crippen LogP contribution in [0.5, 0.6) is 5.75 Å². The van der Waals surface area contributed by atoms with Gasteiger partial charge in [0.25, 0.3) is 0 Å². The SMILES string of the molecule is O=Cc1ccc(N=Nc2ccc(OCCCCCCO)cc2)cc1. The fourth-order valence-corrected chi connectivity index (χ4v) is 2.10. The molecule has 0 aliphatic rings. The summed E-state index contributed by atoms with van der Waals surface area (Å²) >= 11 is 0. The number of unbranched alkanes of at least 4 members (excludes halogenated alkanes) is 3. The third-order valence-corrected chi connectivity index (χ3v) is 3.47. The predicted molar refractivity (Wildman–Crippen MR) is 93.5 cm³/mol. The number of aldehydes is 1. The van der Waals surface area contributed by atoms with E-state index >= 15 is 0 Å². The zero-order valence-corrected chi connectivity index (χ0v) is 13.6. The Morgan fingerprint density at radius 2 is 1.42 bits per heavy atom. The number of azo groups is 1. The topological polar surface area (TPSA) is 71.2 Å². The van der Waals surface area contributed by atoms with Crippen molar-refractivity contribution in [3.63, 3.8) is 0 Å². The second kappa shape index (κ2) is 10.3. The maximum absolute atomic E-state index is 10.6. The van der Waals surface area contributed by atoms with Crippen molar-refractivity contribution < 1.29 is 14.6 Å². The van der Waals surface area contributed by atoms with Gasteiger partial charge in [0.05, 0.1) is 18.0 Å². The summed E-state index contributed by atoms with van der Waals surface area (Å²) in [6, 6.07) is 14.4. The van der Waals surface area contributed by atoms with Crippen LogP contribution in [0.1, 0.15) is 36.0 Å². The summed E-state index contributed by atoms with van der Waals surface area (Å²) in [7, 11) is 0. The molecule has 0 saturated carbocycles. The first kappa shape index (κ1) is 17.8. The molecule has 0 saturated heterocycles. The van der Waals surface area contributed by atoms with Crippen LogP contribution in [0, 0.1) is 0 Å². The van der Waals surface area contributed by atoms with Gasteiger partial charge in [0, 0.05) is 12.2 Å². The number of aliphatic hydroxyl groups is 1. The molecule has 2 aromatic carbocycles. The Kier molecular flexibility index (Phi) is 7.63. The van der Waals surface area contributed by atoms with Gasteiger partial charge < -0.3 is 9.84 Å². The van der Waals surface area contributed by atoms with Gasteiger partial charge in [0.2, 0.25) is 0 Å². The van der Waals surface area contributed by atoms with Crippen LogP contribution in [0.3, 0.4) is 0 Å². The fourth-order valence-electron chi connectivity index (χ4n) is 2.10. The Morgan fingerprint density at radius 3 is 2.00 bits per heavy atom. The van der Waals surface area contributed by atoms with Crippen molar-refractivity contribution in [3.8, 4) is 5.75 Å². The molecule has 0 fully saturated rings. The third kappa shape index (κ3) is 6.30. The summed E-state index contributed by atoms with van der Waals surface area (Å²) in [5.41, 5.74) is 2.06. The quantitative estimate of drug-likeness (QED) is 0.385. The molecule has 0 radical (unpaired) electrons. The van der Waals surface area contributed by atoms with Crippen LogP contribution in [0.4, 0.5) is 11.4 Å². The largest absolute Gasteiger partial charge is 0.494 e. The van der Waals surface area contributed by atoms with E-state index in [1.54, 1.807) is 24.3 Å². The molecule has 0 aromatic heterocycles. The molecule has 1 N–H and O–H groups in total. The summed E-state index contributed by atoms with van der Waals surface area (Å²) in [4.78, 5) is 10.6. The van der Waals surface area contributed by atoms with Gasteiger partial charge in [-0.15, -0.1) is 0 Å². The zero-order chi connectivity index (χ0) is 17.0. The van der Waals surface area contributed by atoms with Gasteiger partial charge >= 0.3 is 0 Å². The Morgan fingerprint density at radius 1 is 0.833 bits per heavy atom. The lowest BCUT2D eigenvalue weighted by atomic mass is 10.2. The first-order valence-electron chi connectivity index (χ1n) is 8.12. The standard InChI is InChI=1S/C19H22N2O3/c22-13-3-1-2-4-14-24-19-11-9-18(10-12-19)21-20-17-7-5-16(15-23)6-8-17/h5-12,15,22H,1-4,13-14H2. The highest BCUT2D eigenvalue weighted by Crippen LogP contribution is 2.21. The average molecular weight is 326 g/mol. The number of carbonyl (C=O) groups is 1. The number of carbonyl (C=O) groups excluding carboxylic acids is 1. The minimum absolute atomic E-state index is 0.262. The van der Waals surface area contributed by atoms with Crippen molar-refractivity contribution in [2.75, 3.05) is 13.2 Å². The van der Waals surface area contributed by atoms with E-state index in [-0.39, 0.29) is 6.61 Å². The third-order valence-electron chi connectivity index (χ3n) is 3.47. The van der Waals surface area contributed by atoms with Gasteiger partial charge in [-0.3, -0.25) is 4.79 Å². The molecular weight excluding hydrogens is 304 g/mol. The smallest absolute Gasteiger partial charge is 0.150 e. The van der Waals surface area contributed by atoms with E-state index in [0.717, 1.165) is 43.4 Å². The molecule has 0 aliphatic heterocycles. The lowest BCUT2D eigenvalue weighted by molar-refractivity contribution is 0.112. The maximum atomic E-state index is 10.6. The molecule has 2 rings (SSSR count). The van der Waals surface area contributed by atoms with E-state index in [1.165, 1.54) is 0 Å². The van der Waals surface area contributed by atoms with Crippen LogP contribution >= 0.6 is 0 Å². The number of ether oxygens (including phenoxy) is 1. The Bertz CT molecular complexity index is 637. The number of nitrogens with zero attached hydrogens (tertiary/aromatic N) is 2. The second-order valence-electron chi connectivity index (χ2n) is 5.39.